The molecular weight excluding hydrogens is 236 g/mol. The predicted octanol–water partition coefficient (Wildman–Crippen LogP) is 2.84. The van der Waals surface area contributed by atoms with Crippen molar-refractivity contribution in [3.63, 3.8) is 0 Å². The van der Waals surface area contributed by atoms with E-state index in [-0.39, 0.29) is 11.8 Å². The lowest BCUT2D eigenvalue weighted by atomic mass is 9.75. The highest BCUT2D eigenvalue weighted by Crippen LogP contribution is 2.35. The maximum Gasteiger partial charge on any atom is 0.223 e. The average Bonchev–Trinajstić information content (AvgIpc) is 2.37. The summed E-state index contributed by atoms with van der Waals surface area (Å²) in [6.45, 7) is 5.36. The second-order valence-electron chi connectivity index (χ2n) is 7.25. The summed E-state index contributed by atoms with van der Waals surface area (Å²) >= 11 is 0. The molecule has 3 heteroatoms. The zero-order valence-corrected chi connectivity index (χ0v) is 12.6. The van der Waals surface area contributed by atoms with Crippen LogP contribution in [0.3, 0.4) is 0 Å². The molecule has 0 bridgehead atoms. The zero-order valence-electron chi connectivity index (χ0n) is 12.6. The first-order chi connectivity index (χ1) is 9.00. The Balaban J connectivity index is 1.80. The minimum Gasteiger partial charge on any atom is -0.355 e. The molecule has 110 valence electrons. The first kappa shape index (κ1) is 14.8. The zero-order chi connectivity index (χ0) is 13.9. The van der Waals surface area contributed by atoms with Gasteiger partial charge in [0.15, 0.2) is 0 Å². The summed E-state index contributed by atoms with van der Waals surface area (Å²) in [5.41, 5.74) is 6.30. The molecule has 0 radical (unpaired) electrons. The van der Waals surface area contributed by atoms with E-state index >= 15 is 0 Å². The Morgan fingerprint density at radius 2 is 1.95 bits per heavy atom. The van der Waals surface area contributed by atoms with Crippen LogP contribution in [0.5, 0.6) is 0 Å². The molecule has 3 unspecified atom stereocenters. The predicted molar refractivity (Wildman–Crippen MR) is 78.7 cm³/mol. The first-order valence-corrected chi connectivity index (χ1v) is 8.03. The van der Waals surface area contributed by atoms with Crippen molar-refractivity contribution in [2.75, 3.05) is 6.54 Å². The Kier molecular flexibility index (Phi) is 4.88. The minimum atomic E-state index is 0.187. The lowest BCUT2D eigenvalue weighted by molar-refractivity contribution is -0.128. The minimum absolute atomic E-state index is 0.187. The fraction of sp³-hybridized carbons (Fsp3) is 0.938. The van der Waals surface area contributed by atoms with Crippen molar-refractivity contribution in [3.05, 3.63) is 0 Å². The molecule has 2 fully saturated rings. The molecule has 3 atom stereocenters. The average molecular weight is 266 g/mol. The fourth-order valence-electron chi connectivity index (χ4n) is 3.84. The number of hydrogen-bond donors (Lipinski definition) is 2. The molecule has 0 aromatic carbocycles. The summed E-state index contributed by atoms with van der Waals surface area (Å²) in [4.78, 5) is 12.3. The highest BCUT2D eigenvalue weighted by atomic mass is 16.1. The van der Waals surface area contributed by atoms with Crippen molar-refractivity contribution in [1.82, 2.24) is 5.32 Å². The quantitative estimate of drug-likeness (QED) is 0.825. The van der Waals surface area contributed by atoms with Gasteiger partial charge < -0.3 is 11.1 Å². The first-order valence-electron chi connectivity index (χ1n) is 8.03. The largest absolute Gasteiger partial charge is 0.355 e. The van der Waals surface area contributed by atoms with E-state index in [2.05, 4.69) is 19.2 Å². The molecule has 2 rings (SSSR count). The molecule has 0 aliphatic heterocycles. The molecule has 19 heavy (non-hydrogen) atoms. The van der Waals surface area contributed by atoms with Gasteiger partial charge in [-0.25, -0.2) is 0 Å². The molecular formula is C16H30N2O. The molecule has 3 nitrogen and oxygen atoms in total. The Bertz CT molecular complexity index is 310. The van der Waals surface area contributed by atoms with Gasteiger partial charge in [0.05, 0.1) is 0 Å². The highest BCUT2D eigenvalue weighted by Gasteiger charge is 2.33. The normalized spacial score (nSPS) is 34.8. The van der Waals surface area contributed by atoms with Gasteiger partial charge in [0.2, 0.25) is 5.91 Å². The SMILES string of the molecule is CC1CC(N)CCC1C(=O)NCC1(C)CCCCC1. The van der Waals surface area contributed by atoms with E-state index in [4.69, 9.17) is 5.73 Å². The van der Waals surface area contributed by atoms with Crippen molar-refractivity contribution >= 4 is 5.91 Å². The van der Waals surface area contributed by atoms with Crippen LogP contribution in [0.25, 0.3) is 0 Å². The van der Waals surface area contributed by atoms with Crippen LogP contribution >= 0.6 is 0 Å². The molecule has 0 aromatic rings. The van der Waals surface area contributed by atoms with E-state index in [0.29, 0.717) is 17.4 Å². The van der Waals surface area contributed by atoms with Gasteiger partial charge in [-0.15, -0.1) is 0 Å². The Labute approximate surface area is 117 Å². The van der Waals surface area contributed by atoms with Crippen molar-refractivity contribution in [2.24, 2.45) is 23.0 Å². The number of hydrogen-bond acceptors (Lipinski definition) is 2. The number of carbonyl (C=O) groups is 1. The summed E-state index contributed by atoms with van der Waals surface area (Å²) in [7, 11) is 0. The van der Waals surface area contributed by atoms with Gasteiger partial charge in [0, 0.05) is 18.5 Å². The Morgan fingerprint density at radius 1 is 1.26 bits per heavy atom. The molecule has 2 aliphatic carbocycles. The van der Waals surface area contributed by atoms with E-state index in [1.54, 1.807) is 0 Å². The molecule has 2 aliphatic rings. The van der Waals surface area contributed by atoms with E-state index in [1.807, 2.05) is 0 Å². The van der Waals surface area contributed by atoms with Crippen molar-refractivity contribution in [2.45, 2.75) is 71.3 Å². The van der Waals surface area contributed by atoms with Crippen molar-refractivity contribution in [1.29, 1.82) is 0 Å². The van der Waals surface area contributed by atoms with Gasteiger partial charge in [0.25, 0.3) is 0 Å². The summed E-state index contributed by atoms with van der Waals surface area (Å²) < 4.78 is 0. The highest BCUT2D eigenvalue weighted by molar-refractivity contribution is 5.79. The van der Waals surface area contributed by atoms with E-state index in [9.17, 15) is 4.79 Å². The second kappa shape index (κ2) is 6.25. The lowest BCUT2D eigenvalue weighted by Gasteiger charge is -2.36. The maximum absolute atomic E-state index is 12.3. The summed E-state index contributed by atoms with van der Waals surface area (Å²) in [5, 5.41) is 3.23. The lowest BCUT2D eigenvalue weighted by Crippen LogP contribution is -2.44. The van der Waals surface area contributed by atoms with Gasteiger partial charge >= 0.3 is 0 Å². The smallest absolute Gasteiger partial charge is 0.223 e. The number of amides is 1. The van der Waals surface area contributed by atoms with Crippen LogP contribution in [0.4, 0.5) is 0 Å². The number of carbonyl (C=O) groups excluding carboxylic acids is 1. The summed E-state index contributed by atoms with van der Waals surface area (Å²) in [6, 6.07) is 0.301. The van der Waals surface area contributed by atoms with Crippen molar-refractivity contribution in [3.8, 4) is 0 Å². The third-order valence-corrected chi connectivity index (χ3v) is 5.30. The number of nitrogens with two attached hydrogens (primary N) is 1. The maximum atomic E-state index is 12.3. The second-order valence-corrected chi connectivity index (χ2v) is 7.25. The molecule has 0 aromatic heterocycles. The molecule has 2 saturated carbocycles. The van der Waals surface area contributed by atoms with Crippen molar-refractivity contribution < 1.29 is 4.79 Å². The molecule has 1 amide bonds. The topological polar surface area (TPSA) is 55.1 Å². The molecule has 0 spiro atoms. The molecule has 0 heterocycles. The monoisotopic (exact) mass is 266 g/mol. The van der Waals surface area contributed by atoms with E-state index in [1.165, 1.54) is 32.1 Å². The molecule has 3 N–H and O–H groups in total. The third kappa shape index (κ3) is 3.95. The number of rotatable bonds is 3. The van der Waals surface area contributed by atoms with Crippen LogP contribution in [-0.4, -0.2) is 18.5 Å². The van der Waals surface area contributed by atoms with Crippen LogP contribution in [0.1, 0.15) is 65.2 Å². The van der Waals surface area contributed by atoms with Gasteiger partial charge in [0.1, 0.15) is 0 Å². The molecule has 0 saturated heterocycles. The van der Waals surface area contributed by atoms with E-state index in [0.717, 1.165) is 25.8 Å². The summed E-state index contributed by atoms with van der Waals surface area (Å²) in [6.07, 6.45) is 9.49. The van der Waals surface area contributed by atoms with Gasteiger partial charge in [-0.3, -0.25) is 4.79 Å². The van der Waals surface area contributed by atoms with Gasteiger partial charge in [-0.2, -0.15) is 0 Å². The van der Waals surface area contributed by atoms with Gasteiger partial charge in [-0.05, 0) is 43.4 Å². The summed E-state index contributed by atoms with van der Waals surface area (Å²) in [5.74, 6) is 0.890. The third-order valence-electron chi connectivity index (χ3n) is 5.30. The van der Waals surface area contributed by atoms with Crippen LogP contribution < -0.4 is 11.1 Å². The van der Waals surface area contributed by atoms with Crippen LogP contribution in [0.15, 0.2) is 0 Å². The van der Waals surface area contributed by atoms with Crippen LogP contribution in [0, 0.1) is 17.3 Å². The fourth-order valence-corrected chi connectivity index (χ4v) is 3.84. The Morgan fingerprint density at radius 3 is 2.58 bits per heavy atom. The van der Waals surface area contributed by atoms with Crippen LogP contribution in [0.2, 0.25) is 0 Å². The van der Waals surface area contributed by atoms with Gasteiger partial charge in [-0.1, -0.05) is 33.1 Å². The Hall–Kier alpha value is -0.570. The van der Waals surface area contributed by atoms with E-state index < -0.39 is 0 Å². The number of nitrogens with one attached hydrogen (secondary N) is 1. The standard InChI is InChI=1S/C16H30N2O/c1-12-10-13(17)6-7-14(12)15(19)18-11-16(2)8-4-3-5-9-16/h12-14H,3-11,17H2,1-2H3,(H,18,19). The van der Waals surface area contributed by atoms with Crippen LogP contribution in [-0.2, 0) is 4.79 Å².